The topological polar surface area (TPSA) is 42.0 Å². The normalized spacial score (nSPS) is 10.8. The first-order valence-corrected chi connectivity index (χ1v) is 9.33. The molecule has 0 unspecified atom stereocenters. The van der Waals surface area contributed by atoms with E-state index in [1.54, 1.807) is 23.5 Å². The van der Waals surface area contributed by atoms with E-state index in [2.05, 4.69) is 32.3 Å². The zero-order valence-corrected chi connectivity index (χ0v) is 15.5. The lowest BCUT2D eigenvalue weighted by molar-refractivity contribution is 0.102. The summed E-state index contributed by atoms with van der Waals surface area (Å²) in [6.45, 7) is 0. The van der Waals surface area contributed by atoms with E-state index in [0.717, 1.165) is 26.2 Å². The number of hydrogen-bond donors (Lipinski definition) is 1. The van der Waals surface area contributed by atoms with Gasteiger partial charge in [-0.2, -0.15) is 0 Å². The molecule has 0 bridgehead atoms. The van der Waals surface area contributed by atoms with E-state index in [9.17, 15) is 4.79 Å². The third kappa shape index (κ3) is 3.48. The summed E-state index contributed by atoms with van der Waals surface area (Å²) in [6.07, 6.45) is 0. The minimum Gasteiger partial charge on any atom is -0.322 e. The third-order valence-corrected chi connectivity index (χ3v) is 5.35. The molecule has 0 spiro atoms. The Balaban J connectivity index is 1.54. The molecule has 4 rings (SSSR count). The number of rotatable bonds is 3. The summed E-state index contributed by atoms with van der Waals surface area (Å²) in [5.74, 6) is -0.131. The molecule has 4 aromatic rings. The fraction of sp³-hybridized carbons (Fsp3) is 0. The van der Waals surface area contributed by atoms with Gasteiger partial charge in [-0.3, -0.25) is 4.79 Å². The number of carbonyl (C=O) groups excluding carboxylic acids is 1. The summed E-state index contributed by atoms with van der Waals surface area (Å²) >= 11 is 5.04. The molecule has 25 heavy (non-hydrogen) atoms. The maximum atomic E-state index is 12.3. The Hall–Kier alpha value is -2.50. The molecule has 3 aromatic carbocycles. The minimum atomic E-state index is -0.131. The van der Waals surface area contributed by atoms with Crippen LogP contribution in [0.15, 0.2) is 77.3 Å². The fourth-order valence-electron chi connectivity index (χ4n) is 2.52. The van der Waals surface area contributed by atoms with Crippen LogP contribution in [-0.2, 0) is 0 Å². The van der Waals surface area contributed by atoms with Gasteiger partial charge in [0.25, 0.3) is 5.91 Å². The minimum absolute atomic E-state index is 0.131. The van der Waals surface area contributed by atoms with Crippen molar-refractivity contribution in [2.45, 2.75) is 0 Å². The van der Waals surface area contributed by atoms with Crippen LogP contribution < -0.4 is 5.32 Å². The first-order chi connectivity index (χ1) is 12.2. The molecule has 1 amide bonds. The maximum Gasteiger partial charge on any atom is 0.255 e. The van der Waals surface area contributed by atoms with Crippen molar-refractivity contribution in [2.24, 2.45) is 0 Å². The van der Waals surface area contributed by atoms with Crippen LogP contribution in [0.4, 0.5) is 5.69 Å². The van der Waals surface area contributed by atoms with Crippen molar-refractivity contribution in [2.75, 3.05) is 5.32 Å². The van der Waals surface area contributed by atoms with E-state index in [1.165, 1.54) is 4.70 Å². The number of aromatic nitrogens is 1. The highest BCUT2D eigenvalue weighted by atomic mass is 79.9. The number of thiazole rings is 1. The van der Waals surface area contributed by atoms with Crippen LogP contribution in [0.2, 0.25) is 0 Å². The molecule has 0 aliphatic heterocycles. The SMILES string of the molecule is O=C(Nc1ccc(-c2nc3ccccc3s2)cc1)c1cccc(Br)c1. The van der Waals surface area contributed by atoms with Gasteiger partial charge in [-0.1, -0.05) is 34.1 Å². The molecule has 122 valence electrons. The number of carbonyl (C=O) groups is 1. The number of nitrogens with zero attached hydrogens (tertiary/aromatic N) is 1. The number of para-hydroxylation sites is 1. The number of anilines is 1. The summed E-state index contributed by atoms with van der Waals surface area (Å²) in [5, 5.41) is 3.89. The van der Waals surface area contributed by atoms with Crippen molar-refractivity contribution in [3.8, 4) is 10.6 Å². The average Bonchev–Trinajstić information content (AvgIpc) is 3.06. The summed E-state index contributed by atoms with van der Waals surface area (Å²) in [5.41, 5.74) is 3.43. The summed E-state index contributed by atoms with van der Waals surface area (Å²) < 4.78 is 2.05. The molecule has 1 aromatic heterocycles. The van der Waals surface area contributed by atoms with Crippen molar-refractivity contribution >= 4 is 49.1 Å². The van der Waals surface area contributed by atoms with Gasteiger partial charge in [0.15, 0.2) is 0 Å². The highest BCUT2D eigenvalue weighted by Crippen LogP contribution is 2.30. The molecule has 5 heteroatoms. The molecule has 0 fully saturated rings. The number of halogens is 1. The molecule has 1 N–H and O–H groups in total. The molecule has 0 aliphatic carbocycles. The first-order valence-electron chi connectivity index (χ1n) is 7.72. The number of hydrogen-bond acceptors (Lipinski definition) is 3. The van der Waals surface area contributed by atoms with Crippen LogP contribution >= 0.6 is 27.3 Å². The van der Waals surface area contributed by atoms with Gasteiger partial charge < -0.3 is 5.32 Å². The van der Waals surface area contributed by atoms with E-state index < -0.39 is 0 Å². The predicted octanol–water partition coefficient (Wildman–Crippen LogP) is 5.98. The average molecular weight is 409 g/mol. The Morgan fingerprint density at radius 3 is 2.52 bits per heavy atom. The molecule has 0 atom stereocenters. The Morgan fingerprint density at radius 1 is 0.960 bits per heavy atom. The highest BCUT2D eigenvalue weighted by molar-refractivity contribution is 9.10. The molecule has 0 radical (unpaired) electrons. The van der Waals surface area contributed by atoms with Crippen LogP contribution in [0.25, 0.3) is 20.8 Å². The number of nitrogens with one attached hydrogen (secondary N) is 1. The van der Waals surface area contributed by atoms with Crippen molar-refractivity contribution < 1.29 is 4.79 Å². The molecule has 1 heterocycles. The van der Waals surface area contributed by atoms with E-state index >= 15 is 0 Å². The molecular weight excluding hydrogens is 396 g/mol. The number of benzene rings is 3. The quantitative estimate of drug-likeness (QED) is 0.453. The smallest absolute Gasteiger partial charge is 0.255 e. The number of fused-ring (bicyclic) bond motifs is 1. The van der Waals surface area contributed by atoms with Gasteiger partial charge in [0, 0.05) is 21.3 Å². The van der Waals surface area contributed by atoms with Crippen LogP contribution in [-0.4, -0.2) is 10.9 Å². The summed E-state index contributed by atoms with van der Waals surface area (Å²) in [4.78, 5) is 17.0. The van der Waals surface area contributed by atoms with E-state index in [0.29, 0.717) is 5.56 Å². The number of amides is 1. The Bertz CT molecular complexity index is 1020. The Morgan fingerprint density at radius 2 is 1.76 bits per heavy atom. The highest BCUT2D eigenvalue weighted by Gasteiger charge is 2.08. The Labute approximate surface area is 157 Å². The van der Waals surface area contributed by atoms with Crippen molar-refractivity contribution in [3.63, 3.8) is 0 Å². The van der Waals surface area contributed by atoms with Crippen LogP contribution in [0.1, 0.15) is 10.4 Å². The third-order valence-electron chi connectivity index (χ3n) is 3.77. The van der Waals surface area contributed by atoms with Gasteiger partial charge in [0.05, 0.1) is 10.2 Å². The first kappa shape index (κ1) is 16.0. The monoisotopic (exact) mass is 408 g/mol. The fourth-order valence-corrected chi connectivity index (χ4v) is 3.90. The van der Waals surface area contributed by atoms with Crippen molar-refractivity contribution in [3.05, 3.63) is 82.8 Å². The van der Waals surface area contributed by atoms with Crippen LogP contribution in [0.5, 0.6) is 0 Å². The van der Waals surface area contributed by atoms with Gasteiger partial charge in [-0.05, 0) is 54.6 Å². The van der Waals surface area contributed by atoms with Crippen LogP contribution in [0.3, 0.4) is 0 Å². The largest absolute Gasteiger partial charge is 0.322 e. The zero-order valence-electron chi connectivity index (χ0n) is 13.1. The summed E-state index contributed by atoms with van der Waals surface area (Å²) in [7, 11) is 0. The zero-order chi connectivity index (χ0) is 17.2. The van der Waals surface area contributed by atoms with Crippen LogP contribution in [0, 0.1) is 0 Å². The van der Waals surface area contributed by atoms with Gasteiger partial charge in [-0.25, -0.2) is 4.98 Å². The second-order valence-electron chi connectivity index (χ2n) is 5.53. The van der Waals surface area contributed by atoms with Crippen molar-refractivity contribution in [1.29, 1.82) is 0 Å². The Kier molecular flexibility index (Phi) is 4.34. The van der Waals surface area contributed by atoms with Gasteiger partial charge in [0.2, 0.25) is 0 Å². The van der Waals surface area contributed by atoms with E-state index in [-0.39, 0.29) is 5.91 Å². The van der Waals surface area contributed by atoms with Crippen molar-refractivity contribution in [1.82, 2.24) is 4.98 Å². The maximum absolute atomic E-state index is 12.3. The van der Waals surface area contributed by atoms with E-state index in [4.69, 9.17) is 0 Å². The van der Waals surface area contributed by atoms with Gasteiger partial charge in [-0.15, -0.1) is 11.3 Å². The molecule has 0 saturated carbocycles. The summed E-state index contributed by atoms with van der Waals surface area (Å²) in [6, 6.07) is 23.2. The van der Waals surface area contributed by atoms with Gasteiger partial charge >= 0.3 is 0 Å². The predicted molar refractivity (Wildman–Crippen MR) is 107 cm³/mol. The lowest BCUT2D eigenvalue weighted by Gasteiger charge is -2.06. The molecular formula is C20H13BrN2OS. The molecule has 0 saturated heterocycles. The van der Waals surface area contributed by atoms with E-state index in [1.807, 2.05) is 54.6 Å². The second-order valence-corrected chi connectivity index (χ2v) is 7.47. The lowest BCUT2D eigenvalue weighted by atomic mass is 10.2. The second kappa shape index (κ2) is 6.78. The standard InChI is InChI=1S/C20H13BrN2OS/c21-15-5-3-4-14(12-15)19(24)22-16-10-8-13(9-11-16)20-23-17-6-1-2-7-18(17)25-20/h1-12H,(H,22,24). The lowest BCUT2D eigenvalue weighted by Crippen LogP contribution is -2.11. The molecule has 3 nitrogen and oxygen atoms in total. The van der Waals surface area contributed by atoms with Gasteiger partial charge in [0.1, 0.15) is 5.01 Å². The molecule has 0 aliphatic rings.